The number of phenolic OH excluding ortho intramolecular Hbond substituents is 4. The molecule has 2 amide bonds. The number of hydrogen-bond acceptors (Lipinski definition) is 10. The first kappa shape index (κ1) is 45.8. The first-order chi connectivity index (χ1) is 29.0. The third-order valence-corrected chi connectivity index (χ3v) is 9.40. The van der Waals surface area contributed by atoms with Crippen LogP contribution in [0.4, 0.5) is 34.1 Å². The van der Waals surface area contributed by atoms with E-state index in [2.05, 4.69) is 31.1 Å². The van der Waals surface area contributed by atoms with Gasteiger partial charge in [0.2, 0.25) is 0 Å². The van der Waals surface area contributed by atoms with Crippen LogP contribution in [0.15, 0.2) is 178 Å². The molecule has 8 aromatic rings. The van der Waals surface area contributed by atoms with Gasteiger partial charge < -0.3 is 31.1 Å². The van der Waals surface area contributed by atoms with Gasteiger partial charge in [-0.15, -0.1) is 20.5 Å². The number of carbonyl (C=O) groups excluding carboxylic acids is 2. The molecule has 0 atom stereocenters. The standard InChI is InChI=1S/2C23H16ClN3O3.CH4.Fe/c2*24-15-10-11-20(28)19(13-15)26-27-21-17-9-5-4-6-14(17)12-18(22(21)29)23(30)25-16-7-2-1-3-8-16;;/h2*1-13,28-29H,(H,25,30);1H4;. The molecule has 0 aliphatic heterocycles. The summed E-state index contributed by atoms with van der Waals surface area (Å²) in [7, 11) is 0. The Labute approximate surface area is 376 Å². The SMILES string of the molecule is C.O=C(Nc1ccccc1)c1cc2ccccc2c(N=Nc2cc(Cl)ccc2O)c1O.O=C(Nc1ccccc1)c1cc2ccccc2c(N=Nc2cc(Cl)ccc2O)c1O.[Fe]. The van der Waals surface area contributed by atoms with Gasteiger partial charge in [-0.1, -0.05) is 116 Å². The van der Waals surface area contributed by atoms with E-state index in [4.69, 9.17) is 23.2 Å². The maximum absolute atomic E-state index is 12.8. The van der Waals surface area contributed by atoms with Crippen LogP contribution < -0.4 is 10.6 Å². The molecule has 0 saturated heterocycles. The number of hydrogen-bond donors (Lipinski definition) is 6. The van der Waals surface area contributed by atoms with Crippen LogP contribution in [-0.2, 0) is 17.1 Å². The summed E-state index contributed by atoms with van der Waals surface area (Å²) in [6, 6.07) is 44.2. The molecule has 0 spiro atoms. The molecule has 0 aromatic heterocycles. The van der Waals surface area contributed by atoms with Crippen molar-refractivity contribution < 1.29 is 47.1 Å². The predicted octanol–water partition coefficient (Wildman–Crippen LogP) is 13.8. The van der Waals surface area contributed by atoms with Crippen molar-refractivity contribution in [2.75, 3.05) is 10.6 Å². The number of rotatable bonds is 8. The van der Waals surface area contributed by atoms with Crippen LogP contribution >= 0.6 is 23.2 Å². The number of anilines is 2. The number of benzene rings is 8. The van der Waals surface area contributed by atoms with E-state index in [1.807, 2.05) is 36.4 Å². The van der Waals surface area contributed by atoms with E-state index in [1.54, 1.807) is 84.9 Å². The third-order valence-electron chi connectivity index (χ3n) is 8.93. The van der Waals surface area contributed by atoms with Gasteiger partial charge in [-0.25, -0.2) is 0 Å². The summed E-state index contributed by atoms with van der Waals surface area (Å²) in [5, 5.41) is 66.8. The van der Waals surface area contributed by atoms with Crippen LogP contribution in [0, 0.1) is 0 Å². The van der Waals surface area contributed by atoms with Crippen LogP contribution in [0.3, 0.4) is 0 Å². The van der Waals surface area contributed by atoms with E-state index < -0.39 is 11.8 Å². The normalized spacial score (nSPS) is 10.7. The molecule has 0 fully saturated rings. The first-order valence-electron chi connectivity index (χ1n) is 18.1. The van der Waals surface area contributed by atoms with Gasteiger partial charge in [-0.05, 0) is 83.6 Å². The third kappa shape index (κ3) is 10.7. The molecule has 6 N–H and O–H groups in total. The van der Waals surface area contributed by atoms with Crippen molar-refractivity contribution in [2.24, 2.45) is 20.5 Å². The molecule has 8 rings (SSSR count). The number of carbonyl (C=O) groups is 2. The fraction of sp³-hybridized carbons (Fsp3) is 0.0213. The Balaban J connectivity index is 0.000000227. The number of nitrogens with one attached hydrogen (secondary N) is 2. The molecule has 0 unspecified atom stereocenters. The molecule has 0 bridgehead atoms. The quantitative estimate of drug-likeness (QED) is 0.0650. The van der Waals surface area contributed by atoms with Crippen molar-refractivity contribution in [2.45, 2.75) is 7.43 Å². The molecule has 8 aromatic carbocycles. The summed E-state index contributed by atoms with van der Waals surface area (Å²) in [5.74, 6) is -1.80. The number of fused-ring (bicyclic) bond motifs is 2. The molecule has 12 nitrogen and oxygen atoms in total. The number of para-hydroxylation sites is 2. The Bertz CT molecular complexity index is 2760. The van der Waals surface area contributed by atoms with E-state index in [9.17, 15) is 30.0 Å². The largest absolute Gasteiger partial charge is 0.506 e. The topological polar surface area (TPSA) is 189 Å². The molecule has 0 saturated carbocycles. The summed E-state index contributed by atoms with van der Waals surface area (Å²) in [6.45, 7) is 0. The van der Waals surface area contributed by atoms with E-state index in [0.29, 0.717) is 43.0 Å². The Morgan fingerprint density at radius 1 is 0.452 bits per heavy atom. The van der Waals surface area contributed by atoms with Crippen LogP contribution in [-0.4, -0.2) is 32.2 Å². The molecule has 0 aliphatic carbocycles. The second-order valence-corrected chi connectivity index (χ2v) is 13.9. The molecule has 312 valence electrons. The Kier molecular flexibility index (Phi) is 15.4. The Morgan fingerprint density at radius 3 is 1.19 bits per heavy atom. The summed E-state index contributed by atoms with van der Waals surface area (Å²) in [4.78, 5) is 25.6. The summed E-state index contributed by atoms with van der Waals surface area (Å²) in [5.41, 5.74) is 1.83. The molecule has 15 heteroatoms. The van der Waals surface area contributed by atoms with Crippen molar-refractivity contribution in [3.63, 3.8) is 0 Å². The van der Waals surface area contributed by atoms with Gasteiger partial charge in [-0.3, -0.25) is 9.59 Å². The molecular weight excluding hydrogens is 871 g/mol. The maximum atomic E-state index is 12.8. The van der Waals surface area contributed by atoms with Gasteiger partial charge in [0.05, 0.1) is 11.1 Å². The summed E-state index contributed by atoms with van der Waals surface area (Å²) < 4.78 is 0. The van der Waals surface area contributed by atoms with Crippen molar-refractivity contribution >= 4 is 90.7 Å². The molecular formula is C47H36Cl2FeN6O6. The van der Waals surface area contributed by atoms with Crippen molar-refractivity contribution in [1.29, 1.82) is 0 Å². The smallest absolute Gasteiger partial charge is 0.259 e. The second-order valence-electron chi connectivity index (χ2n) is 13.0. The monoisotopic (exact) mass is 906 g/mol. The Hall–Kier alpha value is -7.28. The maximum Gasteiger partial charge on any atom is 0.259 e. The van der Waals surface area contributed by atoms with Gasteiger partial charge in [0.25, 0.3) is 11.8 Å². The molecule has 0 radical (unpaired) electrons. The second kappa shape index (κ2) is 20.8. The van der Waals surface area contributed by atoms with Crippen molar-refractivity contribution in [3.05, 3.63) is 179 Å². The minimum absolute atomic E-state index is 0. The number of nitrogens with zero attached hydrogens (tertiary/aromatic N) is 4. The molecule has 0 heterocycles. The zero-order valence-corrected chi connectivity index (χ0v) is 34.1. The van der Waals surface area contributed by atoms with E-state index in [1.165, 1.54) is 36.4 Å². The van der Waals surface area contributed by atoms with E-state index >= 15 is 0 Å². The average molecular weight is 908 g/mol. The number of amides is 2. The molecule has 0 aliphatic rings. The van der Waals surface area contributed by atoms with Gasteiger partial charge in [-0.2, -0.15) is 0 Å². The first-order valence-corrected chi connectivity index (χ1v) is 18.8. The average Bonchev–Trinajstić information content (AvgIpc) is 3.25. The summed E-state index contributed by atoms with van der Waals surface area (Å²) in [6.07, 6.45) is 0. The minimum atomic E-state index is -0.480. The van der Waals surface area contributed by atoms with Crippen LogP contribution in [0.1, 0.15) is 28.1 Å². The minimum Gasteiger partial charge on any atom is -0.506 e. The van der Waals surface area contributed by atoms with Crippen LogP contribution in [0.25, 0.3) is 21.5 Å². The molecule has 62 heavy (non-hydrogen) atoms. The fourth-order valence-electron chi connectivity index (χ4n) is 5.98. The number of phenols is 4. The van der Waals surface area contributed by atoms with Crippen molar-refractivity contribution in [3.8, 4) is 23.0 Å². The zero-order chi connectivity index (χ0) is 42.2. The van der Waals surface area contributed by atoms with Gasteiger partial charge in [0, 0.05) is 49.3 Å². The zero-order valence-electron chi connectivity index (χ0n) is 31.5. The summed E-state index contributed by atoms with van der Waals surface area (Å²) >= 11 is 11.9. The Morgan fingerprint density at radius 2 is 0.806 bits per heavy atom. The van der Waals surface area contributed by atoms with E-state index in [-0.39, 0.29) is 81.4 Å². The number of halogens is 2. The predicted molar refractivity (Wildman–Crippen MR) is 241 cm³/mol. The number of azo groups is 2. The van der Waals surface area contributed by atoms with Gasteiger partial charge in [0.1, 0.15) is 34.2 Å². The fourth-order valence-corrected chi connectivity index (χ4v) is 6.32. The van der Waals surface area contributed by atoms with Crippen LogP contribution in [0.5, 0.6) is 23.0 Å². The van der Waals surface area contributed by atoms with Crippen molar-refractivity contribution in [1.82, 2.24) is 0 Å². The van der Waals surface area contributed by atoms with Gasteiger partial charge >= 0.3 is 0 Å². The van der Waals surface area contributed by atoms with Crippen LogP contribution in [0.2, 0.25) is 10.0 Å². The van der Waals surface area contributed by atoms with E-state index in [0.717, 1.165) is 0 Å². The van der Waals surface area contributed by atoms with Gasteiger partial charge in [0.15, 0.2) is 11.5 Å². The number of aromatic hydroxyl groups is 4.